The summed E-state index contributed by atoms with van der Waals surface area (Å²) in [5.74, 6) is 0.107. The molecule has 1 aromatic carbocycles. The predicted octanol–water partition coefficient (Wildman–Crippen LogP) is 1.78. The van der Waals surface area contributed by atoms with Gasteiger partial charge in [0, 0.05) is 0 Å². The van der Waals surface area contributed by atoms with Crippen LogP contribution in [0.2, 0.25) is 0 Å². The fraction of sp³-hybridized carbons (Fsp3) is 0.385. The van der Waals surface area contributed by atoms with Crippen LogP contribution in [0.4, 0.5) is 9.59 Å². The second-order valence-corrected chi connectivity index (χ2v) is 6.55. The Hall–Kier alpha value is -2.09. The second-order valence-electron chi connectivity index (χ2n) is 4.86. The van der Waals surface area contributed by atoms with Crippen LogP contribution in [0, 0.1) is 12.8 Å². The van der Waals surface area contributed by atoms with Crippen LogP contribution in [-0.2, 0) is 14.8 Å². The smallest absolute Gasteiger partial charge is 0.415 e. The number of imide groups is 1. The number of ether oxygens (including phenoxy) is 1. The largest absolute Gasteiger partial charge is 0.449 e. The number of hydrogen-bond acceptors (Lipinski definition) is 5. The van der Waals surface area contributed by atoms with Crippen LogP contribution in [0.3, 0.4) is 0 Å². The summed E-state index contributed by atoms with van der Waals surface area (Å²) < 4.78 is 30.2. The maximum absolute atomic E-state index is 11.9. The lowest BCUT2D eigenvalue weighted by Gasteiger charge is -2.09. The number of benzene rings is 1. The zero-order chi connectivity index (χ0) is 16.0. The molecule has 0 unspecified atom stereocenters. The molecule has 0 aliphatic heterocycles. The Labute approximate surface area is 123 Å². The zero-order valence-corrected chi connectivity index (χ0v) is 12.9. The first-order valence-corrected chi connectivity index (χ1v) is 7.76. The van der Waals surface area contributed by atoms with Crippen molar-refractivity contribution in [2.75, 3.05) is 6.61 Å². The fourth-order valence-corrected chi connectivity index (χ4v) is 2.20. The van der Waals surface area contributed by atoms with Gasteiger partial charge in [-0.3, -0.25) is 0 Å². The summed E-state index contributed by atoms with van der Waals surface area (Å²) in [4.78, 5) is 22.6. The molecular formula is C13H18N2O5S. The molecule has 0 aliphatic rings. The van der Waals surface area contributed by atoms with Gasteiger partial charge >= 0.3 is 12.1 Å². The van der Waals surface area contributed by atoms with E-state index in [1.165, 1.54) is 12.1 Å². The highest BCUT2D eigenvalue weighted by Crippen LogP contribution is 2.09. The maximum atomic E-state index is 11.9. The number of carbonyl (C=O) groups is 2. The molecule has 2 N–H and O–H groups in total. The van der Waals surface area contributed by atoms with E-state index in [0.717, 1.165) is 5.56 Å². The van der Waals surface area contributed by atoms with Crippen molar-refractivity contribution >= 4 is 22.1 Å². The Morgan fingerprint density at radius 2 is 1.76 bits per heavy atom. The summed E-state index contributed by atoms with van der Waals surface area (Å²) in [6, 6.07) is 4.76. The highest BCUT2D eigenvalue weighted by Gasteiger charge is 2.19. The van der Waals surface area contributed by atoms with Crippen molar-refractivity contribution in [2.45, 2.75) is 25.7 Å². The highest BCUT2D eigenvalue weighted by atomic mass is 32.2. The Morgan fingerprint density at radius 1 is 1.19 bits per heavy atom. The fourth-order valence-electron chi connectivity index (χ4n) is 1.30. The highest BCUT2D eigenvalue weighted by molar-refractivity contribution is 7.90. The Kier molecular flexibility index (Phi) is 5.71. The lowest BCUT2D eigenvalue weighted by molar-refractivity contribution is 0.134. The van der Waals surface area contributed by atoms with E-state index in [-0.39, 0.29) is 17.4 Å². The van der Waals surface area contributed by atoms with E-state index in [2.05, 4.69) is 0 Å². The molecule has 0 aromatic heterocycles. The zero-order valence-electron chi connectivity index (χ0n) is 12.0. The van der Waals surface area contributed by atoms with Gasteiger partial charge in [-0.15, -0.1) is 0 Å². The third-order valence-electron chi connectivity index (χ3n) is 2.32. The summed E-state index contributed by atoms with van der Waals surface area (Å²) in [5.41, 5.74) is 0.885. The van der Waals surface area contributed by atoms with Gasteiger partial charge in [0.2, 0.25) is 0 Å². The van der Waals surface area contributed by atoms with Crippen LogP contribution < -0.4 is 10.0 Å². The van der Waals surface area contributed by atoms with Crippen molar-refractivity contribution in [1.29, 1.82) is 0 Å². The molecule has 1 aromatic rings. The van der Waals surface area contributed by atoms with Crippen LogP contribution in [0.1, 0.15) is 19.4 Å². The van der Waals surface area contributed by atoms with Crippen LogP contribution >= 0.6 is 0 Å². The van der Waals surface area contributed by atoms with Crippen molar-refractivity contribution in [1.82, 2.24) is 10.0 Å². The van der Waals surface area contributed by atoms with Crippen molar-refractivity contribution in [3.05, 3.63) is 29.8 Å². The number of urea groups is 1. The molecule has 3 amide bonds. The minimum atomic E-state index is -4.02. The van der Waals surface area contributed by atoms with Crippen molar-refractivity contribution in [3.63, 3.8) is 0 Å². The molecule has 0 radical (unpaired) electrons. The quantitative estimate of drug-likeness (QED) is 0.882. The number of alkyl carbamates (subject to hydrolysis) is 1. The van der Waals surface area contributed by atoms with E-state index in [1.54, 1.807) is 29.1 Å². The third kappa shape index (κ3) is 5.82. The van der Waals surface area contributed by atoms with Crippen molar-refractivity contribution in [2.24, 2.45) is 5.92 Å². The van der Waals surface area contributed by atoms with Gasteiger partial charge in [0.25, 0.3) is 10.0 Å². The van der Waals surface area contributed by atoms with Crippen LogP contribution in [0.5, 0.6) is 0 Å². The molecule has 0 fully saturated rings. The Bertz CT molecular complexity index is 608. The van der Waals surface area contributed by atoms with Gasteiger partial charge in [-0.05, 0) is 25.0 Å². The van der Waals surface area contributed by atoms with E-state index in [1.807, 2.05) is 13.8 Å². The summed E-state index contributed by atoms with van der Waals surface area (Å²) >= 11 is 0. The first kappa shape index (κ1) is 17.0. The van der Waals surface area contributed by atoms with Crippen molar-refractivity contribution < 1.29 is 22.7 Å². The SMILES string of the molecule is Cc1ccc(S(=O)(=O)NC(=O)NC(=O)OCC(C)C)cc1. The first-order chi connectivity index (χ1) is 9.70. The average molecular weight is 314 g/mol. The van der Waals surface area contributed by atoms with Crippen LogP contribution in [0.25, 0.3) is 0 Å². The maximum Gasteiger partial charge on any atom is 0.415 e. The predicted molar refractivity (Wildman–Crippen MR) is 76.2 cm³/mol. The summed E-state index contributed by atoms with van der Waals surface area (Å²) in [7, 11) is -4.02. The topological polar surface area (TPSA) is 102 Å². The normalized spacial score (nSPS) is 11.0. The van der Waals surface area contributed by atoms with E-state index in [0.29, 0.717) is 0 Å². The van der Waals surface area contributed by atoms with Gasteiger partial charge in [0.1, 0.15) is 0 Å². The van der Waals surface area contributed by atoms with Gasteiger partial charge in [0.05, 0.1) is 11.5 Å². The van der Waals surface area contributed by atoms with Gasteiger partial charge < -0.3 is 4.74 Å². The first-order valence-electron chi connectivity index (χ1n) is 6.28. The third-order valence-corrected chi connectivity index (χ3v) is 3.67. The molecule has 0 saturated carbocycles. The number of rotatable bonds is 4. The van der Waals surface area contributed by atoms with E-state index in [9.17, 15) is 18.0 Å². The van der Waals surface area contributed by atoms with Gasteiger partial charge in [0.15, 0.2) is 0 Å². The van der Waals surface area contributed by atoms with Crippen LogP contribution in [-0.4, -0.2) is 27.1 Å². The minimum Gasteiger partial charge on any atom is -0.449 e. The van der Waals surface area contributed by atoms with E-state index >= 15 is 0 Å². The average Bonchev–Trinajstić information content (AvgIpc) is 2.36. The number of carbonyl (C=O) groups excluding carboxylic acids is 2. The van der Waals surface area contributed by atoms with E-state index in [4.69, 9.17) is 4.74 Å². The molecule has 1 rings (SSSR count). The molecule has 0 spiro atoms. The van der Waals surface area contributed by atoms with Gasteiger partial charge in [-0.25, -0.2) is 28.0 Å². The molecule has 7 nitrogen and oxygen atoms in total. The monoisotopic (exact) mass is 314 g/mol. The molecule has 0 atom stereocenters. The molecule has 116 valence electrons. The van der Waals surface area contributed by atoms with Gasteiger partial charge in [-0.2, -0.15) is 0 Å². The van der Waals surface area contributed by atoms with Gasteiger partial charge in [-0.1, -0.05) is 31.5 Å². The minimum absolute atomic E-state index is 0.0706. The second kappa shape index (κ2) is 7.07. The number of nitrogens with one attached hydrogen (secondary N) is 2. The Morgan fingerprint density at radius 3 is 2.29 bits per heavy atom. The van der Waals surface area contributed by atoms with Crippen LogP contribution in [0.15, 0.2) is 29.2 Å². The number of hydrogen-bond donors (Lipinski definition) is 2. The Balaban J connectivity index is 2.61. The standard InChI is InChI=1S/C13H18N2O5S/c1-9(2)8-20-13(17)14-12(16)15-21(18,19)11-6-4-10(3)5-7-11/h4-7,9H,8H2,1-3H3,(H2,14,15,16,17). The molecule has 21 heavy (non-hydrogen) atoms. The number of sulfonamides is 1. The summed E-state index contributed by atoms with van der Waals surface area (Å²) in [6.45, 7) is 5.59. The molecule has 0 bridgehead atoms. The number of amides is 3. The summed E-state index contributed by atoms with van der Waals surface area (Å²) in [6.07, 6.45) is -1.000. The molecule has 8 heteroatoms. The lowest BCUT2D eigenvalue weighted by atomic mass is 10.2. The molecule has 0 saturated heterocycles. The van der Waals surface area contributed by atoms with E-state index < -0.39 is 22.1 Å². The number of aryl methyl sites for hydroxylation is 1. The summed E-state index contributed by atoms with van der Waals surface area (Å²) in [5, 5.41) is 1.78. The molecular weight excluding hydrogens is 296 g/mol. The van der Waals surface area contributed by atoms with Crippen molar-refractivity contribution in [3.8, 4) is 0 Å². The molecule has 0 heterocycles. The molecule has 0 aliphatic carbocycles. The lowest BCUT2D eigenvalue weighted by Crippen LogP contribution is -2.42.